The number of carbonyl (C=O) groups is 5. The maximum Gasteiger partial charge on any atom is 0.326 e. The predicted octanol–water partition coefficient (Wildman–Crippen LogP) is -2.09. The molecule has 3 unspecified atom stereocenters. The van der Waals surface area contributed by atoms with Gasteiger partial charge in [0.2, 0.25) is 23.6 Å². The van der Waals surface area contributed by atoms with Crippen LogP contribution in [0.15, 0.2) is 0 Å². The number of carboxylic acids is 1. The lowest BCUT2D eigenvalue weighted by Crippen LogP contribution is -2.53. The highest BCUT2D eigenvalue weighted by molar-refractivity contribution is 5.93. The number of nitrogens with zero attached hydrogens (tertiary/aromatic N) is 1. The second kappa shape index (κ2) is 10.6. The molecule has 158 valence electrons. The molecule has 1 fully saturated rings. The average molecular weight is 399 g/mol. The van der Waals surface area contributed by atoms with Gasteiger partial charge in [-0.25, -0.2) is 4.79 Å². The molecular formula is C17H29N5O6. The summed E-state index contributed by atoms with van der Waals surface area (Å²) in [6.07, 6.45) is 0.915. The lowest BCUT2D eigenvalue weighted by molar-refractivity contribution is -0.144. The van der Waals surface area contributed by atoms with Crippen molar-refractivity contribution in [2.24, 2.45) is 17.4 Å². The standard InChI is InChI=1S/C17H29N5O6/c1-9(2)6-11(17(27)28)21-16(26)12-4-3-5-22(12)14(24)8-20-15(25)10(18)7-13(19)23/h9-12H,3-8,18H2,1-2H3,(H2,19,23)(H,20,25)(H,21,26)(H,27,28). The van der Waals surface area contributed by atoms with Gasteiger partial charge in [-0.05, 0) is 25.2 Å². The minimum absolute atomic E-state index is 0.0718. The number of amides is 4. The Hall–Kier alpha value is -2.69. The third-order valence-electron chi connectivity index (χ3n) is 4.37. The molecule has 0 radical (unpaired) electrons. The third kappa shape index (κ3) is 7.14. The van der Waals surface area contributed by atoms with Crippen LogP contribution in [0.4, 0.5) is 0 Å². The molecule has 1 heterocycles. The number of nitrogens with two attached hydrogens (primary N) is 2. The number of carboxylic acid groups (broad SMARTS) is 1. The van der Waals surface area contributed by atoms with Gasteiger partial charge in [-0.2, -0.15) is 0 Å². The molecule has 11 heteroatoms. The maximum absolute atomic E-state index is 12.5. The highest BCUT2D eigenvalue weighted by Gasteiger charge is 2.36. The van der Waals surface area contributed by atoms with Crippen molar-refractivity contribution in [3.63, 3.8) is 0 Å². The monoisotopic (exact) mass is 399 g/mol. The Labute approximate surface area is 163 Å². The van der Waals surface area contributed by atoms with E-state index in [0.29, 0.717) is 19.4 Å². The zero-order valence-electron chi connectivity index (χ0n) is 16.1. The van der Waals surface area contributed by atoms with Crippen molar-refractivity contribution in [3.05, 3.63) is 0 Å². The third-order valence-corrected chi connectivity index (χ3v) is 4.37. The average Bonchev–Trinajstić information content (AvgIpc) is 3.07. The van der Waals surface area contributed by atoms with Crippen LogP contribution in [0.25, 0.3) is 0 Å². The van der Waals surface area contributed by atoms with Crippen molar-refractivity contribution in [1.82, 2.24) is 15.5 Å². The van der Waals surface area contributed by atoms with Crippen molar-refractivity contribution >= 4 is 29.6 Å². The van der Waals surface area contributed by atoms with Crippen LogP contribution in [0.3, 0.4) is 0 Å². The summed E-state index contributed by atoms with van der Waals surface area (Å²) in [5, 5.41) is 14.1. The number of nitrogens with one attached hydrogen (secondary N) is 2. The van der Waals surface area contributed by atoms with E-state index in [9.17, 15) is 29.1 Å². The van der Waals surface area contributed by atoms with Crippen LogP contribution in [0.2, 0.25) is 0 Å². The predicted molar refractivity (Wildman–Crippen MR) is 98.6 cm³/mol. The summed E-state index contributed by atoms with van der Waals surface area (Å²) in [6.45, 7) is 3.63. The van der Waals surface area contributed by atoms with Crippen LogP contribution in [0.5, 0.6) is 0 Å². The molecule has 4 amide bonds. The van der Waals surface area contributed by atoms with Crippen LogP contribution < -0.4 is 22.1 Å². The Morgan fingerprint density at radius 3 is 2.39 bits per heavy atom. The van der Waals surface area contributed by atoms with E-state index in [1.54, 1.807) is 0 Å². The molecule has 0 spiro atoms. The maximum atomic E-state index is 12.5. The number of carbonyl (C=O) groups excluding carboxylic acids is 4. The molecular weight excluding hydrogens is 370 g/mol. The summed E-state index contributed by atoms with van der Waals surface area (Å²) in [5.74, 6) is -3.52. The Kier molecular flexibility index (Phi) is 8.83. The first-order chi connectivity index (χ1) is 13.0. The Balaban J connectivity index is 2.64. The van der Waals surface area contributed by atoms with Gasteiger partial charge in [-0.15, -0.1) is 0 Å². The van der Waals surface area contributed by atoms with Gasteiger partial charge in [-0.1, -0.05) is 13.8 Å². The molecule has 1 aliphatic heterocycles. The summed E-state index contributed by atoms with van der Waals surface area (Å²) in [6, 6.07) is -2.98. The first-order valence-electron chi connectivity index (χ1n) is 9.17. The number of likely N-dealkylation sites (tertiary alicyclic amines) is 1. The second-order valence-electron chi connectivity index (χ2n) is 7.27. The Morgan fingerprint density at radius 2 is 1.86 bits per heavy atom. The lowest BCUT2D eigenvalue weighted by Gasteiger charge is -2.26. The van der Waals surface area contributed by atoms with Crippen molar-refractivity contribution in [3.8, 4) is 0 Å². The van der Waals surface area contributed by atoms with Gasteiger partial charge >= 0.3 is 5.97 Å². The molecule has 1 aliphatic rings. The quantitative estimate of drug-likeness (QED) is 0.279. The summed E-state index contributed by atoms with van der Waals surface area (Å²) in [7, 11) is 0. The summed E-state index contributed by atoms with van der Waals surface area (Å²) < 4.78 is 0. The van der Waals surface area contributed by atoms with E-state index in [1.807, 2.05) is 13.8 Å². The highest BCUT2D eigenvalue weighted by atomic mass is 16.4. The number of rotatable bonds is 10. The molecule has 28 heavy (non-hydrogen) atoms. The molecule has 0 saturated carbocycles. The molecule has 0 aromatic rings. The molecule has 1 rings (SSSR count). The van der Waals surface area contributed by atoms with Crippen LogP contribution in [0.1, 0.15) is 39.5 Å². The largest absolute Gasteiger partial charge is 0.480 e. The summed E-state index contributed by atoms with van der Waals surface area (Å²) >= 11 is 0. The zero-order valence-corrected chi connectivity index (χ0v) is 16.1. The van der Waals surface area contributed by atoms with Gasteiger partial charge < -0.3 is 32.1 Å². The van der Waals surface area contributed by atoms with Crippen molar-refractivity contribution in [2.75, 3.05) is 13.1 Å². The van der Waals surface area contributed by atoms with Gasteiger partial charge in [0.15, 0.2) is 0 Å². The lowest BCUT2D eigenvalue weighted by atomic mass is 10.0. The smallest absolute Gasteiger partial charge is 0.326 e. The number of hydrogen-bond acceptors (Lipinski definition) is 6. The van der Waals surface area contributed by atoms with E-state index in [-0.39, 0.29) is 25.3 Å². The van der Waals surface area contributed by atoms with Gasteiger partial charge in [0.25, 0.3) is 0 Å². The van der Waals surface area contributed by atoms with Crippen LogP contribution in [-0.4, -0.2) is 70.8 Å². The Morgan fingerprint density at radius 1 is 1.21 bits per heavy atom. The van der Waals surface area contributed by atoms with Crippen LogP contribution in [-0.2, 0) is 24.0 Å². The fraction of sp³-hybridized carbons (Fsp3) is 0.706. The van der Waals surface area contributed by atoms with Crippen LogP contribution in [0, 0.1) is 5.92 Å². The SMILES string of the molecule is CC(C)CC(NC(=O)C1CCCN1C(=O)CNC(=O)C(N)CC(N)=O)C(=O)O. The van der Waals surface area contributed by atoms with Gasteiger partial charge in [0, 0.05) is 6.54 Å². The number of hydrogen-bond donors (Lipinski definition) is 5. The van der Waals surface area contributed by atoms with E-state index in [0.717, 1.165) is 0 Å². The molecule has 1 saturated heterocycles. The fourth-order valence-electron chi connectivity index (χ4n) is 3.00. The molecule has 7 N–H and O–H groups in total. The minimum atomic E-state index is -1.16. The second-order valence-corrected chi connectivity index (χ2v) is 7.27. The first kappa shape index (κ1) is 23.3. The molecule has 0 aliphatic carbocycles. The fourth-order valence-corrected chi connectivity index (χ4v) is 3.00. The molecule has 11 nitrogen and oxygen atoms in total. The molecule has 0 aromatic heterocycles. The molecule has 3 atom stereocenters. The minimum Gasteiger partial charge on any atom is -0.480 e. The summed E-state index contributed by atoms with van der Waals surface area (Å²) in [5.41, 5.74) is 10.5. The normalized spacial score (nSPS) is 18.4. The van der Waals surface area contributed by atoms with Crippen molar-refractivity contribution < 1.29 is 29.1 Å². The van der Waals surface area contributed by atoms with E-state index in [2.05, 4.69) is 10.6 Å². The topological polar surface area (TPSA) is 185 Å². The zero-order chi connectivity index (χ0) is 21.4. The summed E-state index contributed by atoms with van der Waals surface area (Å²) in [4.78, 5) is 60.1. The van der Waals surface area contributed by atoms with Crippen molar-refractivity contribution in [1.29, 1.82) is 0 Å². The molecule has 0 aromatic carbocycles. The van der Waals surface area contributed by atoms with Gasteiger partial charge in [0.1, 0.15) is 12.1 Å². The van der Waals surface area contributed by atoms with Crippen LogP contribution >= 0.6 is 0 Å². The van der Waals surface area contributed by atoms with E-state index < -0.39 is 47.7 Å². The molecule has 0 bridgehead atoms. The van der Waals surface area contributed by atoms with Gasteiger partial charge in [0.05, 0.1) is 19.0 Å². The Bertz CT molecular complexity index is 623. The van der Waals surface area contributed by atoms with E-state index >= 15 is 0 Å². The van der Waals surface area contributed by atoms with E-state index in [1.165, 1.54) is 4.90 Å². The van der Waals surface area contributed by atoms with Crippen molar-refractivity contribution in [2.45, 2.75) is 57.7 Å². The highest BCUT2D eigenvalue weighted by Crippen LogP contribution is 2.18. The number of primary amides is 1. The number of aliphatic carboxylic acids is 1. The van der Waals surface area contributed by atoms with Gasteiger partial charge in [-0.3, -0.25) is 19.2 Å². The first-order valence-corrected chi connectivity index (χ1v) is 9.17. The van der Waals surface area contributed by atoms with E-state index in [4.69, 9.17) is 11.5 Å².